The third kappa shape index (κ3) is 3.37. The van der Waals surface area contributed by atoms with E-state index in [4.69, 9.17) is 14.3 Å². The van der Waals surface area contributed by atoms with Crippen molar-refractivity contribution in [1.82, 2.24) is 5.32 Å². The molecule has 3 rings (SSSR count). The Morgan fingerprint density at radius 1 is 1.19 bits per heavy atom. The van der Waals surface area contributed by atoms with E-state index in [1.54, 1.807) is 6.92 Å². The fraction of sp³-hybridized carbons (Fsp3) is 0.400. The van der Waals surface area contributed by atoms with Gasteiger partial charge in [0.15, 0.2) is 0 Å². The number of hydrogen-bond acceptors (Lipinski definition) is 4. The lowest BCUT2D eigenvalue weighted by Crippen LogP contribution is -2.48. The molecule has 2 heterocycles. The number of amides is 1. The fourth-order valence-corrected chi connectivity index (χ4v) is 3.63. The number of carboxylic acid groups (broad SMARTS) is 1. The zero-order valence-corrected chi connectivity index (χ0v) is 15.0. The monoisotopic (exact) mass is 357 g/mol. The minimum atomic E-state index is -1.04. The third-order valence-electron chi connectivity index (χ3n) is 5.06. The summed E-state index contributed by atoms with van der Waals surface area (Å²) in [5.41, 5.74) is 1.57. The molecule has 1 saturated heterocycles. The summed E-state index contributed by atoms with van der Waals surface area (Å²) in [7, 11) is 0. The number of ether oxygens (including phenoxy) is 1. The maximum absolute atomic E-state index is 13.1. The molecular weight excluding hydrogens is 334 g/mol. The number of carbonyl (C=O) groups excluding carboxylic acids is 1. The smallest absolute Gasteiger partial charge is 0.339 e. The van der Waals surface area contributed by atoms with Crippen LogP contribution in [0.3, 0.4) is 0 Å². The van der Waals surface area contributed by atoms with Gasteiger partial charge in [0.2, 0.25) is 5.91 Å². The van der Waals surface area contributed by atoms with Gasteiger partial charge in [0, 0.05) is 13.2 Å². The van der Waals surface area contributed by atoms with E-state index in [0.717, 1.165) is 11.1 Å². The highest BCUT2D eigenvalue weighted by atomic mass is 16.5. The van der Waals surface area contributed by atoms with Gasteiger partial charge in [0.05, 0.1) is 12.0 Å². The molecule has 0 saturated carbocycles. The molecule has 0 aliphatic carbocycles. The van der Waals surface area contributed by atoms with Crippen LogP contribution in [0.1, 0.15) is 45.8 Å². The number of rotatable bonds is 5. The van der Waals surface area contributed by atoms with Crippen LogP contribution < -0.4 is 5.32 Å². The number of furan rings is 1. The van der Waals surface area contributed by atoms with Gasteiger partial charge in [-0.2, -0.15) is 0 Å². The van der Waals surface area contributed by atoms with Gasteiger partial charge >= 0.3 is 5.97 Å². The molecule has 1 aliphatic heterocycles. The van der Waals surface area contributed by atoms with Crippen molar-refractivity contribution in [2.75, 3.05) is 13.2 Å². The van der Waals surface area contributed by atoms with Crippen LogP contribution >= 0.6 is 0 Å². The summed E-state index contributed by atoms with van der Waals surface area (Å²) < 4.78 is 10.9. The highest BCUT2D eigenvalue weighted by Crippen LogP contribution is 2.37. The number of hydrogen-bond donors (Lipinski definition) is 2. The van der Waals surface area contributed by atoms with Gasteiger partial charge in [0.1, 0.15) is 17.1 Å². The number of aromatic carboxylic acids is 1. The van der Waals surface area contributed by atoms with E-state index >= 15 is 0 Å². The topological polar surface area (TPSA) is 88.8 Å². The largest absolute Gasteiger partial charge is 0.478 e. The van der Waals surface area contributed by atoms with E-state index in [-0.39, 0.29) is 18.0 Å². The van der Waals surface area contributed by atoms with Crippen LogP contribution in [0.15, 0.2) is 34.7 Å². The van der Waals surface area contributed by atoms with E-state index < -0.39 is 11.4 Å². The highest BCUT2D eigenvalue weighted by molar-refractivity contribution is 5.90. The molecule has 2 aromatic rings. The minimum Gasteiger partial charge on any atom is -0.478 e. The van der Waals surface area contributed by atoms with Gasteiger partial charge in [-0.25, -0.2) is 4.79 Å². The van der Waals surface area contributed by atoms with Crippen LogP contribution in [0.4, 0.5) is 0 Å². The van der Waals surface area contributed by atoms with Crippen molar-refractivity contribution in [1.29, 1.82) is 0 Å². The van der Waals surface area contributed by atoms with Crippen LogP contribution in [-0.2, 0) is 21.5 Å². The standard InChI is InChI=1S/C20H23NO5/c1-13-5-3-4-6-17(13)20(7-9-25-10-8-20)19(24)21-12-15-11-16(18(22)23)14(2)26-15/h3-6,11H,7-10,12H2,1-2H3,(H,21,24)(H,22,23). The van der Waals surface area contributed by atoms with Gasteiger partial charge in [0.25, 0.3) is 0 Å². The second-order valence-electron chi connectivity index (χ2n) is 6.68. The van der Waals surface area contributed by atoms with Crippen LogP contribution in [-0.4, -0.2) is 30.2 Å². The van der Waals surface area contributed by atoms with Gasteiger partial charge in [-0.15, -0.1) is 0 Å². The Morgan fingerprint density at radius 2 is 1.88 bits per heavy atom. The molecule has 0 atom stereocenters. The molecule has 0 bridgehead atoms. The zero-order valence-electron chi connectivity index (χ0n) is 15.0. The van der Waals surface area contributed by atoms with Crippen molar-refractivity contribution >= 4 is 11.9 Å². The van der Waals surface area contributed by atoms with Crippen LogP contribution in [0.5, 0.6) is 0 Å². The molecule has 1 fully saturated rings. The maximum Gasteiger partial charge on any atom is 0.339 e. The molecule has 2 N–H and O–H groups in total. The van der Waals surface area contributed by atoms with E-state index in [0.29, 0.717) is 37.6 Å². The van der Waals surface area contributed by atoms with Crippen LogP contribution in [0.25, 0.3) is 0 Å². The fourth-order valence-electron chi connectivity index (χ4n) is 3.63. The molecule has 1 aromatic heterocycles. The predicted octanol–water partition coefficient (Wildman–Crippen LogP) is 2.96. The Balaban J connectivity index is 1.82. The number of benzene rings is 1. The Kier molecular flexibility index (Phi) is 5.13. The summed E-state index contributed by atoms with van der Waals surface area (Å²) in [5, 5.41) is 12.1. The molecule has 0 radical (unpaired) electrons. The minimum absolute atomic E-state index is 0.0824. The van der Waals surface area contributed by atoms with Gasteiger partial charge < -0.3 is 19.6 Å². The van der Waals surface area contributed by atoms with Crippen molar-refractivity contribution in [3.8, 4) is 0 Å². The summed E-state index contributed by atoms with van der Waals surface area (Å²) in [5.74, 6) is -0.354. The first-order valence-corrected chi connectivity index (χ1v) is 8.69. The van der Waals surface area contributed by atoms with Crippen molar-refractivity contribution in [3.05, 3.63) is 58.5 Å². The Morgan fingerprint density at radius 3 is 2.50 bits per heavy atom. The normalized spacial score (nSPS) is 16.2. The summed E-state index contributed by atoms with van der Waals surface area (Å²) in [6, 6.07) is 9.38. The van der Waals surface area contributed by atoms with E-state index in [9.17, 15) is 9.59 Å². The molecule has 1 amide bonds. The number of carbonyl (C=O) groups is 2. The van der Waals surface area contributed by atoms with Crippen LogP contribution in [0.2, 0.25) is 0 Å². The predicted molar refractivity (Wildman–Crippen MR) is 95.2 cm³/mol. The molecule has 6 heteroatoms. The average Bonchev–Trinajstić information content (AvgIpc) is 3.01. The number of aryl methyl sites for hydroxylation is 2. The quantitative estimate of drug-likeness (QED) is 0.859. The lowest BCUT2D eigenvalue weighted by Gasteiger charge is -2.37. The molecule has 138 valence electrons. The average molecular weight is 357 g/mol. The van der Waals surface area contributed by atoms with E-state index in [1.807, 2.05) is 31.2 Å². The SMILES string of the molecule is Cc1ccccc1C1(C(=O)NCc2cc(C(=O)O)c(C)o2)CCOCC1. The molecule has 1 aliphatic rings. The molecule has 6 nitrogen and oxygen atoms in total. The molecule has 1 aromatic carbocycles. The van der Waals surface area contributed by atoms with Gasteiger partial charge in [-0.05, 0) is 43.9 Å². The Bertz CT molecular complexity index is 817. The number of nitrogens with one attached hydrogen (secondary N) is 1. The highest BCUT2D eigenvalue weighted by Gasteiger charge is 2.42. The molecule has 26 heavy (non-hydrogen) atoms. The second kappa shape index (κ2) is 7.33. The third-order valence-corrected chi connectivity index (χ3v) is 5.06. The molecule has 0 unspecified atom stereocenters. The summed E-state index contributed by atoms with van der Waals surface area (Å²) in [6.07, 6.45) is 1.22. The zero-order chi connectivity index (χ0) is 18.7. The Hall–Kier alpha value is -2.60. The summed E-state index contributed by atoms with van der Waals surface area (Å²) in [4.78, 5) is 24.3. The molecular formula is C20H23NO5. The lowest BCUT2D eigenvalue weighted by molar-refractivity contribution is -0.130. The Labute approximate surface area is 152 Å². The van der Waals surface area contributed by atoms with Crippen LogP contribution in [0, 0.1) is 13.8 Å². The van der Waals surface area contributed by atoms with Crippen molar-refractivity contribution in [3.63, 3.8) is 0 Å². The van der Waals surface area contributed by atoms with Crippen molar-refractivity contribution < 1.29 is 23.8 Å². The maximum atomic E-state index is 13.1. The summed E-state index contributed by atoms with van der Waals surface area (Å²) >= 11 is 0. The van der Waals surface area contributed by atoms with E-state index in [1.165, 1.54) is 6.07 Å². The second-order valence-corrected chi connectivity index (χ2v) is 6.68. The first-order valence-electron chi connectivity index (χ1n) is 8.69. The lowest BCUT2D eigenvalue weighted by atomic mass is 9.72. The van der Waals surface area contributed by atoms with Crippen molar-refractivity contribution in [2.45, 2.75) is 38.6 Å². The first kappa shape index (κ1) is 18.2. The van der Waals surface area contributed by atoms with Crippen molar-refractivity contribution in [2.24, 2.45) is 0 Å². The van der Waals surface area contributed by atoms with E-state index in [2.05, 4.69) is 5.32 Å². The van der Waals surface area contributed by atoms with Gasteiger partial charge in [-0.3, -0.25) is 4.79 Å². The van der Waals surface area contributed by atoms with Gasteiger partial charge in [-0.1, -0.05) is 24.3 Å². The summed E-state index contributed by atoms with van der Waals surface area (Å²) in [6.45, 7) is 4.83. The number of carboxylic acids is 1. The first-order chi connectivity index (χ1) is 12.4. The molecule has 0 spiro atoms.